The van der Waals surface area contributed by atoms with Gasteiger partial charge in [0.05, 0.1) is 30.0 Å². The smallest absolute Gasteiger partial charge is 0.256 e. The molecule has 0 saturated carbocycles. The summed E-state index contributed by atoms with van der Waals surface area (Å²) < 4.78 is 11.2. The normalized spacial score (nSPS) is 17.4. The van der Waals surface area contributed by atoms with Gasteiger partial charge in [0, 0.05) is 24.7 Å². The average molecular weight is 324 g/mol. The molecular weight excluding hydrogens is 304 g/mol. The van der Waals surface area contributed by atoms with E-state index in [1.165, 1.54) is 0 Å². The van der Waals surface area contributed by atoms with Crippen molar-refractivity contribution in [1.82, 2.24) is 9.88 Å². The predicted molar refractivity (Wildman–Crippen MR) is 90.7 cm³/mol. The molecular formula is C19H20N2O3. The molecule has 0 radical (unpaired) electrons. The maximum absolute atomic E-state index is 13.2. The van der Waals surface area contributed by atoms with Crippen LogP contribution >= 0.6 is 0 Å². The summed E-state index contributed by atoms with van der Waals surface area (Å²) in [5.74, 6) is 0.773. The largest absolute Gasteiger partial charge is 0.467 e. The van der Waals surface area contributed by atoms with E-state index < -0.39 is 0 Å². The molecule has 3 aromatic rings. The van der Waals surface area contributed by atoms with Crippen LogP contribution in [-0.4, -0.2) is 35.0 Å². The van der Waals surface area contributed by atoms with Crippen LogP contribution in [0.2, 0.25) is 0 Å². The van der Waals surface area contributed by atoms with Gasteiger partial charge in [0.2, 0.25) is 0 Å². The molecule has 1 fully saturated rings. The van der Waals surface area contributed by atoms with E-state index in [1.807, 2.05) is 47.5 Å². The highest BCUT2D eigenvalue weighted by Crippen LogP contribution is 2.22. The van der Waals surface area contributed by atoms with Crippen molar-refractivity contribution in [3.8, 4) is 0 Å². The van der Waals surface area contributed by atoms with E-state index in [1.54, 1.807) is 6.26 Å². The Morgan fingerprint density at radius 2 is 2.21 bits per heavy atom. The molecule has 1 aliphatic heterocycles. The molecule has 0 aliphatic carbocycles. The molecule has 0 spiro atoms. The summed E-state index contributed by atoms with van der Waals surface area (Å²) in [5, 5.41) is 1.04. The van der Waals surface area contributed by atoms with Crippen molar-refractivity contribution in [2.24, 2.45) is 0 Å². The van der Waals surface area contributed by atoms with Gasteiger partial charge >= 0.3 is 0 Å². The molecule has 1 atom stereocenters. The average Bonchev–Trinajstić information content (AvgIpc) is 3.35. The van der Waals surface area contributed by atoms with Crippen LogP contribution in [0.5, 0.6) is 0 Å². The molecule has 4 rings (SSSR count). The number of hydrogen-bond donors (Lipinski definition) is 1. The second-order valence-corrected chi connectivity index (χ2v) is 6.15. The number of para-hydroxylation sites is 1. The highest BCUT2D eigenvalue weighted by Gasteiger charge is 2.25. The Balaban J connectivity index is 1.63. The molecule has 124 valence electrons. The fourth-order valence-corrected chi connectivity index (χ4v) is 3.28. The standard InChI is InChI=1S/C19H20N2O3/c22-19(17-7-1-4-14-8-9-20-18(14)17)21(12-15-5-2-10-23-15)13-16-6-3-11-24-16/h1-2,4-5,7-10,16,20H,3,6,11-13H2/t16-/m1/s1. The Morgan fingerprint density at radius 3 is 3.00 bits per heavy atom. The van der Waals surface area contributed by atoms with Crippen molar-refractivity contribution in [1.29, 1.82) is 0 Å². The molecule has 1 aromatic carbocycles. The van der Waals surface area contributed by atoms with E-state index >= 15 is 0 Å². The summed E-state index contributed by atoms with van der Waals surface area (Å²) in [5.41, 5.74) is 1.56. The van der Waals surface area contributed by atoms with Crippen LogP contribution in [0.1, 0.15) is 29.0 Å². The van der Waals surface area contributed by atoms with Crippen LogP contribution in [0.15, 0.2) is 53.3 Å². The van der Waals surface area contributed by atoms with E-state index in [2.05, 4.69) is 4.98 Å². The number of hydrogen-bond acceptors (Lipinski definition) is 3. The van der Waals surface area contributed by atoms with Crippen LogP contribution in [-0.2, 0) is 11.3 Å². The monoisotopic (exact) mass is 324 g/mol. The van der Waals surface area contributed by atoms with Crippen LogP contribution < -0.4 is 0 Å². The van der Waals surface area contributed by atoms with Crippen molar-refractivity contribution < 1.29 is 13.9 Å². The van der Waals surface area contributed by atoms with E-state index in [4.69, 9.17) is 9.15 Å². The molecule has 1 amide bonds. The number of aromatic amines is 1. The fraction of sp³-hybridized carbons (Fsp3) is 0.316. The lowest BCUT2D eigenvalue weighted by Crippen LogP contribution is -2.37. The van der Waals surface area contributed by atoms with Crippen molar-refractivity contribution in [3.63, 3.8) is 0 Å². The van der Waals surface area contributed by atoms with Gasteiger partial charge in [-0.15, -0.1) is 0 Å². The lowest BCUT2D eigenvalue weighted by Gasteiger charge is -2.25. The Hall–Kier alpha value is -2.53. The number of H-pyrrole nitrogens is 1. The predicted octanol–water partition coefficient (Wildman–Crippen LogP) is 3.58. The number of amides is 1. The Bertz CT molecular complexity index is 816. The van der Waals surface area contributed by atoms with Crippen LogP contribution in [0.3, 0.4) is 0 Å². The van der Waals surface area contributed by atoms with Gasteiger partial charge in [-0.05, 0) is 37.1 Å². The molecule has 0 bridgehead atoms. The van der Waals surface area contributed by atoms with E-state index in [0.717, 1.165) is 36.1 Å². The number of furan rings is 1. The Morgan fingerprint density at radius 1 is 1.25 bits per heavy atom. The van der Waals surface area contributed by atoms with E-state index in [-0.39, 0.29) is 12.0 Å². The van der Waals surface area contributed by atoms with Crippen molar-refractivity contribution in [3.05, 3.63) is 60.2 Å². The minimum Gasteiger partial charge on any atom is -0.467 e. The molecule has 5 heteroatoms. The number of nitrogens with zero attached hydrogens (tertiary/aromatic N) is 1. The number of benzene rings is 1. The fourth-order valence-electron chi connectivity index (χ4n) is 3.28. The van der Waals surface area contributed by atoms with Gasteiger partial charge in [-0.2, -0.15) is 0 Å². The number of carbonyl (C=O) groups is 1. The first kappa shape index (κ1) is 15.0. The number of nitrogens with one attached hydrogen (secondary N) is 1. The second kappa shape index (κ2) is 6.53. The first-order valence-corrected chi connectivity index (χ1v) is 8.30. The summed E-state index contributed by atoms with van der Waals surface area (Å²) in [6.45, 7) is 1.80. The van der Waals surface area contributed by atoms with Crippen LogP contribution in [0.25, 0.3) is 10.9 Å². The van der Waals surface area contributed by atoms with Gasteiger partial charge in [-0.3, -0.25) is 4.79 Å². The van der Waals surface area contributed by atoms with Gasteiger partial charge < -0.3 is 19.0 Å². The lowest BCUT2D eigenvalue weighted by atomic mass is 10.1. The lowest BCUT2D eigenvalue weighted by molar-refractivity contribution is 0.0493. The molecule has 3 heterocycles. The molecule has 24 heavy (non-hydrogen) atoms. The zero-order chi connectivity index (χ0) is 16.4. The molecule has 1 aliphatic rings. The third-order valence-corrected chi connectivity index (χ3v) is 4.48. The highest BCUT2D eigenvalue weighted by atomic mass is 16.5. The minimum atomic E-state index is -0.00468. The summed E-state index contributed by atoms with van der Waals surface area (Å²) in [4.78, 5) is 18.2. The zero-order valence-electron chi connectivity index (χ0n) is 13.4. The zero-order valence-corrected chi connectivity index (χ0v) is 13.4. The number of rotatable bonds is 5. The van der Waals surface area contributed by atoms with E-state index in [0.29, 0.717) is 18.7 Å². The minimum absolute atomic E-state index is 0.00468. The molecule has 1 N–H and O–H groups in total. The number of fused-ring (bicyclic) bond motifs is 1. The Labute approximate surface area is 140 Å². The van der Waals surface area contributed by atoms with Gasteiger partial charge in [0.25, 0.3) is 5.91 Å². The molecule has 5 nitrogen and oxygen atoms in total. The first-order chi connectivity index (χ1) is 11.8. The molecule has 2 aromatic heterocycles. The van der Waals surface area contributed by atoms with Gasteiger partial charge in [-0.25, -0.2) is 0 Å². The third-order valence-electron chi connectivity index (χ3n) is 4.48. The van der Waals surface area contributed by atoms with Gasteiger partial charge in [0.15, 0.2) is 0 Å². The van der Waals surface area contributed by atoms with Gasteiger partial charge in [0.1, 0.15) is 5.76 Å². The summed E-state index contributed by atoms with van der Waals surface area (Å²) in [6, 6.07) is 11.5. The summed E-state index contributed by atoms with van der Waals surface area (Å²) >= 11 is 0. The SMILES string of the molecule is O=C(c1cccc2cc[nH]c12)N(Cc1ccco1)C[C@H]1CCCO1. The third kappa shape index (κ3) is 2.95. The van der Waals surface area contributed by atoms with Crippen molar-refractivity contribution >= 4 is 16.8 Å². The maximum Gasteiger partial charge on any atom is 0.256 e. The number of carbonyl (C=O) groups excluding carboxylic acids is 1. The maximum atomic E-state index is 13.2. The Kier molecular flexibility index (Phi) is 4.09. The molecule has 0 unspecified atom stereocenters. The van der Waals surface area contributed by atoms with Crippen molar-refractivity contribution in [2.45, 2.75) is 25.5 Å². The van der Waals surface area contributed by atoms with Gasteiger partial charge in [-0.1, -0.05) is 12.1 Å². The summed E-state index contributed by atoms with van der Waals surface area (Å²) in [7, 11) is 0. The van der Waals surface area contributed by atoms with E-state index in [9.17, 15) is 4.79 Å². The number of ether oxygens (including phenoxy) is 1. The summed E-state index contributed by atoms with van der Waals surface area (Å²) in [6.07, 6.45) is 5.65. The second-order valence-electron chi connectivity index (χ2n) is 6.15. The molecule has 1 saturated heterocycles. The van der Waals surface area contributed by atoms with Crippen LogP contribution in [0.4, 0.5) is 0 Å². The topological polar surface area (TPSA) is 58.5 Å². The quantitative estimate of drug-likeness (QED) is 0.780. The highest BCUT2D eigenvalue weighted by molar-refractivity contribution is 6.05. The number of aromatic nitrogens is 1. The first-order valence-electron chi connectivity index (χ1n) is 8.30. The van der Waals surface area contributed by atoms with Crippen LogP contribution in [0, 0.1) is 0 Å². The van der Waals surface area contributed by atoms with Crippen molar-refractivity contribution in [2.75, 3.05) is 13.2 Å².